The summed E-state index contributed by atoms with van der Waals surface area (Å²) in [5, 5.41) is 16.8. The zero-order valence-electron chi connectivity index (χ0n) is 7.63. The Kier molecular flexibility index (Phi) is 4.95. The molecule has 6 heteroatoms. The summed E-state index contributed by atoms with van der Waals surface area (Å²) >= 11 is 13.3. The van der Waals surface area contributed by atoms with Gasteiger partial charge in [0.25, 0.3) is 0 Å². The Labute approximate surface area is 96.8 Å². The van der Waals surface area contributed by atoms with Gasteiger partial charge in [-0.3, -0.25) is 0 Å². The maximum atomic E-state index is 8.63. The first-order valence-corrected chi connectivity index (χ1v) is 5.93. The maximum absolute atomic E-state index is 8.63. The number of aromatic nitrogens is 2. The predicted molar refractivity (Wildman–Crippen MR) is 60.0 cm³/mol. The molecule has 1 rings (SSSR count). The van der Waals surface area contributed by atoms with E-state index in [0.717, 1.165) is 11.1 Å². The van der Waals surface area contributed by atoms with Gasteiger partial charge in [0.2, 0.25) is 0 Å². The monoisotopic (exact) mass is 252 g/mol. The van der Waals surface area contributed by atoms with E-state index in [9.17, 15) is 0 Å². The van der Waals surface area contributed by atoms with E-state index >= 15 is 0 Å². The number of hydrogen-bond acceptors (Lipinski definition) is 4. The lowest BCUT2D eigenvalue weighted by molar-refractivity contribution is 0.322. The van der Waals surface area contributed by atoms with E-state index in [1.165, 1.54) is 0 Å². The summed E-state index contributed by atoms with van der Waals surface area (Å²) < 4.78 is 0. The Bertz CT molecular complexity index is 322. The summed E-state index contributed by atoms with van der Waals surface area (Å²) in [6, 6.07) is 0. The van der Waals surface area contributed by atoms with Crippen LogP contribution in [0.5, 0.6) is 0 Å². The maximum Gasteiger partial charge on any atom is 0.156 e. The van der Waals surface area contributed by atoms with E-state index in [-0.39, 0.29) is 6.61 Å². The Morgan fingerprint density at radius 1 is 1.29 bits per heavy atom. The van der Waals surface area contributed by atoms with E-state index in [1.807, 2.05) is 6.92 Å². The van der Waals surface area contributed by atoms with Crippen LogP contribution in [0, 0.1) is 6.92 Å². The van der Waals surface area contributed by atoms with Crippen LogP contribution in [0.2, 0.25) is 10.3 Å². The molecule has 0 atom stereocenters. The number of rotatable bonds is 4. The molecule has 0 fully saturated rings. The summed E-state index contributed by atoms with van der Waals surface area (Å²) in [5.41, 5.74) is 1.75. The van der Waals surface area contributed by atoms with Crippen molar-refractivity contribution in [1.82, 2.24) is 10.2 Å². The third-order valence-corrected chi connectivity index (χ3v) is 3.35. The molecule has 1 heterocycles. The van der Waals surface area contributed by atoms with Crippen LogP contribution in [-0.4, -0.2) is 27.7 Å². The molecule has 0 radical (unpaired) electrons. The fraction of sp³-hybridized carbons (Fsp3) is 0.500. The van der Waals surface area contributed by atoms with Crippen molar-refractivity contribution in [3.63, 3.8) is 0 Å². The number of thioether (sulfide) groups is 1. The number of hydrogen-bond donors (Lipinski definition) is 1. The van der Waals surface area contributed by atoms with Crippen molar-refractivity contribution in [1.29, 1.82) is 0 Å². The predicted octanol–water partition coefficient (Wildman–Crippen LogP) is 2.32. The third kappa shape index (κ3) is 2.98. The SMILES string of the molecule is Cc1c(Cl)nnc(Cl)c1CSCCO. The van der Waals surface area contributed by atoms with Crippen LogP contribution >= 0.6 is 35.0 Å². The number of nitrogens with zero attached hydrogens (tertiary/aromatic N) is 2. The Morgan fingerprint density at radius 2 is 1.93 bits per heavy atom. The standard InChI is InChI=1S/C8H10Cl2N2OS/c1-5-6(4-14-3-2-13)8(10)12-11-7(5)9/h13H,2-4H2,1H3. The molecule has 0 bridgehead atoms. The first kappa shape index (κ1) is 12.0. The van der Waals surface area contributed by atoms with Crippen LogP contribution < -0.4 is 0 Å². The van der Waals surface area contributed by atoms with E-state index in [2.05, 4.69) is 10.2 Å². The normalized spacial score (nSPS) is 10.6. The average molecular weight is 253 g/mol. The van der Waals surface area contributed by atoms with Crippen LogP contribution in [0.3, 0.4) is 0 Å². The highest BCUT2D eigenvalue weighted by atomic mass is 35.5. The molecule has 0 aliphatic heterocycles. The molecule has 78 valence electrons. The van der Waals surface area contributed by atoms with E-state index in [1.54, 1.807) is 11.8 Å². The van der Waals surface area contributed by atoms with Crippen LogP contribution in [0.15, 0.2) is 0 Å². The van der Waals surface area contributed by atoms with Gasteiger partial charge < -0.3 is 5.11 Å². The van der Waals surface area contributed by atoms with Gasteiger partial charge in [-0.15, -0.1) is 10.2 Å². The van der Waals surface area contributed by atoms with Crippen molar-refractivity contribution < 1.29 is 5.11 Å². The molecule has 1 N–H and O–H groups in total. The number of halogens is 2. The van der Waals surface area contributed by atoms with Gasteiger partial charge in [-0.2, -0.15) is 11.8 Å². The van der Waals surface area contributed by atoms with Crippen LogP contribution in [0.4, 0.5) is 0 Å². The van der Waals surface area contributed by atoms with Gasteiger partial charge in [0.1, 0.15) is 0 Å². The molecule has 0 saturated heterocycles. The van der Waals surface area contributed by atoms with Gasteiger partial charge in [-0.05, 0) is 12.5 Å². The molecule has 3 nitrogen and oxygen atoms in total. The van der Waals surface area contributed by atoms with Crippen molar-refractivity contribution in [2.24, 2.45) is 0 Å². The molecular weight excluding hydrogens is 243 g/mol. The fourth-order valence-electron chi connectivity index (χ4n) is 0.909. The Morgan fingerprint density at radius 3 is 2.57 bits per heavy atom. The van der Waals surface area contributed by atoms with Crippen molar-refractivity contribution >= 4 is 35.0 Å². The molecule has 0 amide bonds. The van der Waals surface area contributed by atoms with Crippen molar-refractivity contribution in [3.05, 3.63) is 21.4 Å². The Hall–Kier alpha value is -0.0300. The van der Waals surface area contributed by atoms with Gasteiger partial charge in [0.05, 0.1) is 6.61 Å². The Balaban J connectivity index is 2.79. The van der Waals surface area contributed by atoms with E-state index in [0.29, 0.717) is 21.8 Å². The second kappa shape index (κ2) is 5.75. The summed E-state index contributed by atoms with van der Waals surface area (Å²) in [6.07, 6.45) is 0. The molecular formula is C8H10Cl2N2OS. The highest BCUT2D eigenvalue weighted by molar-refractivity contribution is 7.98. The average Bonchev–Trinajstić information content (AvgIpc) is 2.18. The first-order valence-electron chi connectivity index (χ1n) is 4.02. The minimum absolute atomic E-state index is 0.160. The van der Waals surface area contributed by atoms with Gasteiger partial charge in [-0.25, -0.2) is 0 Å². The summed E-state index contributed by atoms with van der Waals surface area (Å²) in [7, 11) is 0. The highest BCUT2D eigenvalue weighted by Gasteiger charge is 2.09. The largest absolute Gasteiger partial charge is 0.396 e. The molecule has 14 heavy (non-hydrogen) atoms. The van der Waals surface area contributed by atoms with Crippen LogP contribution in [0.25, 0.3) is 0 Å². The van der Waals surface area contributed by atoms with Gasteiger partial charge in [0, 0.05) is 17.1 Å². The quantitative estimate of drug-likeness (QED) is 0.836. The molecule has 0 aliphatic carbocycles. The van der Waals surface area contributed by atoms with Crippen LogP contribution in [-0.2, 0) is 5.75 Å². The topological polar surface area (TPSA) is 46.0 Å². The summed E-state index contributed by atoms with van der Waals surface area (Å²) in [5.74, 6) is 1.37. The summed E-state index contributed by atoms with van der Waals surface area (Å²) in [6.45, 7) is 2.02. The van der Waals surface area contributed by atoms with Gasteiger partial charge in [-0.1, -0.05) is 23.2 Å². The number of aliphatic hydroxyl groups excluding tert-OH is 1. The second-order valence-electron chi connectivity index (χ2n) is 2.66. The zero-order chi connectivity index (χ0) is 10.6. The minimum Gasteiger partial charge on any atom is -0.396 e. The lowest BCUT2D eigenvalue weighted by Gasteiger charge is -2.06. The first-order chi connectivity index (χ1) is 6.66. The van der Waals surface area contributed by atoms with Gasteiger partial charge >= 0.3 is 0 Å². The second-order valence-corrected chi connectivity index (χ2v) is 4.48. The molecule has 0 unspecified atom stereocenters. The molecule has 0 spiro atoms. The lowest BCUT2D eigenvalue weighted by Crippen LogP contribution is -1.97. The van der Waals surface area contributed by atoms with Crippen molar-refractivity contribution in [3.8, 4) is 0 Å². The van der Waals surface area contributed by atoms with Crippen molar-refractivity contribution in [2.45, 2.75) is 12.7 Å². The summed E-state index contributed by atoms with van der Waals surface area (Å²) in [4.78, 5) is 0. The zero-order valence-corrected chi connectivity index (χ0v) is 9.96. The van der Waals surface area contributed by atoms with Crippen LogP contribution in [0.1, 0.15) is 11.1 Å². The smallest absolute Gasteiger partial charge is 0.156 e. The van der Waals surface area contributed by atoms with E-state index < -0.39 is 0 Å². The van der Waals surface area contributed by atoms with E-state index in [4.69, 9.17) is 28.3 Å². The van der Waals surface area contributed by atoms with Gasteiger partial charge in [0.15, 0.2) is 10.3 Å². The lowest BCUT2D eigenvalue weighted by atomic mass is 10.2. The van der Waals surface area contributed by atoms with Crippen molar-refractivity contribution in [2.75, 3.05) is 12.4 Å². The molecule has 0 saturated carbocycles. The molecule has 0 aromatic carbocycles. The molecule has 1 aromatic rings. The number of aliphatic hydroxyl groups is 1. The molecule has 0 aliphatic rings. The minimum atomic E-state index is 0.160. The molecule has 1 aromatic heterocycles. The highest BCUT2D eigenvalue weighted by Crippen LogP contribution is 2.25. The fourth-order valence-corrected chi connectivity index (χ4v) is 2.22. The third-order valence-electron chi connectivity index (χ3n) is 1.72.